The van der Waals surface area contributed by atoms with Crippen LogP contribution in [0.4, 0.5) is 0 Å². The van der Waals surface area contributed by atoms with E-state index in [-0.39, 0.29) is 11.9 Å². The monoisotopic (exact) mass is 239 g/mol. The molecule has 0 aliphatic heterocycles. The first-order chi connectivity index (χ1) is 8.04. The van der Waals surface area contributed by atoms with Gasteiger partial charge in [0.2, 0.25) is 5.91 Å². The van der Waals surface area contributed by atoms with E-state index in [1.165, 1.54) is 6.42 Å². The molecule has 2 saturated carbocycles. The third-order valence-corrected chi connectivity index (χ3v) is 4.19. The van der Waals surface area contributed by atoms with Crippen molar-refractivity contribution in [3.8, 4) is 0 Å². The van der Waals surface area contributed by atoms with E-state index < -0.39 is 11.4 Å². The molecular formula is C13H21NO3. The molecule has 0 saturated heterocycles. The van der Waals surface area contributed by atoms with Gasteiger partial charge in [-0.25, -0.2) is 0 Å². The molecule has 2 fully saturated rings. The minimum Gasteiger partial charge on any atom is -0.480 e. The Hall–Kier alpha value is -1.06. The van der Waals surface area contributed by atoms with E-state index in [1.807, 2.05) is 0 Å². The molecular weight excluding hydrogens is 218 g/mol. The molecule has 0 heterocycles. The average Bonchev–Trinajstić information content (AvgIpc) is 3.05. The number of aliphatic carboxylic acids is 1. The van der Waals surface area contributed by atoms with Crippen LogP contribution in [0.3, 0.4) is 0 Å². The number of rotatable bonds is 3. The van der Waals surface area contributed by atoms with Crippen LogP contribution in [0.15, 0.2) is 0 Å². The van der Waals surface area contributed by atoms with Crippen LogP contribution in [0.25, 0.3) is 0 Å². The zero-order chi connectivity index (χ0) is 12.5. The minimum absolute atomic E-state index is 0.185. The molecule has 2 aliphatic carbocycles. The van der Waals surface area contributed by atoms with Gasteiger partial charge >= 0.3 is 5.97 Å². The van der Waals surface area contributed by atoms with Gasteiger partial charge in [-0.15, -0.1) is 0 Å². The third-order valence-electron chi connectivity index (χ3n) is 4.19. The Morgan fingerprint density at radius 1 is 1.18 bits per heavy atom. The highest BCUT2D eigenvalue weighted by Crippen LogP contribution is 2.46. The van der Waals surface area contributed by atoms with Gasteiger partial charge in [-0.1, -0.05) is 19.8 Å². The number of carboxylic acid groups (broad SMARTS) is 1. The molecule has 96 valence electrons. The van der Waals surface area contributed by atoms with Gasteiger partial charge in [-0.05, 0) is 38.0 Å². The Morgan fingerprint density at radius 2 is 1.88 bits per heavy atom. The van der Waals surface area contributed by atoms with Crippen molar-refractivity contribution in [1.82, 2.24) is 5.32 Å². The summed E-state index contributed by atoms with van der Waals surface area (Å²) in [7, 11) is 0. The van der Waals surface area contributed by atoms with E-state index in [9.17, 15) is 9.59 Å². The van der Waals surface area contributed by atoms with Crippen LogP contribution in [0, 0.1) is 11.3 Å². The van der Waals surface area contributed by atoms with Crippen molar-refractivity contribution in [3.05, 3.63) is 0 Å². The second-order valence-corrected chi connectivity index (χ2v) is 5.67. The predicted molar refractivity (Wildman–Crippen MR) is 63.5 cm³/mol. The van der Waals surface area contributed by atoms with Gasteiger partial charge in [0.25, 0.3) is 0 Å². The molecule has 2 atom stereocenters. The minimum atomic E-state index is -1.09. The number of hydrogen-bond donors (Lipinski definition) is 2. The quantitative estimate of drug-likeness (QED) is 0.584. The fourth-order valence-corrected chi connectivity index (χ4v) is 2.62. The van der Waals surface area contributed by atoms with Crippen LogP contribution >= 0.6 is 0 Å². The Morgan fingerprint density at radius 3 is 2.47 bits per heavy atom. The van der Waals surface area contributed by atoms with Crippen LogP contribution < -0.4 is 5.32 Å². The largest absolute Gasteiger partial charge is 0.480 e. The Bertz CT molecular complexity index is 323. The SMILES string of the molecule is CC1CCCC(NC(=O)C2(C(=O)O)CC2)CC1. The molecule has 0 aromatic rings. The highest BCUT2D eigenvalue weighted by molar-refractivity contribution is 6.04. The number of carbonyl (C=O) groups is 2. The Balaban J connectivity index is 1.88. The van der Waals surface area contributed by atoms with E-state index in [0.29, 0.717) is 12.8 Å². The highest BCUT2D eigenvalue weighted by Gasteiger charge is 2.57. The summed E-state index contributed by atoms with van der Waals surface area (Å²) in [6, 6.07) is 0.185. The Labute approximate surface area is 102 Å². The van der Waals surface area contributed by atoms with Gasteiger partial charge in [0.05, 0.1) is 0 Å². The zero-order valence-corrected chi connectivity index (χ0v) is 10.4. The van der Waals surface area contributed by atoms with Crippen molar-refractivity contribution in [2.45, 2.75) is 57.9 Å². The van der Waals surface area contributed by atoms with E-state index in [1.54, 1.807) is 0 Å². The zero-order valence-electron chi connectivity index (χ0n) is 10.4. The maximum absolute atomic E-state index is 11.9. The normalized spacial score (nSPS) is 31.4. The maximum Gasteiger partial charge on any atom is 0.319 e. The summed E-state index contributed by atoms with van der Waals surface area (Å²) in [4.78, 5) is 23.0. The van der Waals surface area contributed by atoms with Crippen molar-refractivity contribution in [3.63, 3.8) is 0 Å². The summed E-state index contributed by atoms with van der Waals surface area (Å²) < 4.78 is 0. The van der Waals surface area contributed by atoms with Crippen LogP contribution in [0.2, 0.25) is 0 Å². The summed E-state index contributed by atoms with van der Waals surface area (Å²) in [5, 5.41) is 12.0. The van der Waals surface area contributed by atoms with Crippen LogP contribution in [0.1, 0.15) is 51.9 Å². The van der Waals surface area contributed by atoms with Crippen LogP contribution in [-0.4, -0.2) is 23.0 Å². The lowest BCUT2D eigenvalue weighted by Gasteiger charge is -2.19. The molecule has 0 bridgehead atoms. The Kier molecular flexibility index (Phi) is 3.40. The maximum atomic E-state index is 11.9. The van der Waals surface area contributed by atoms with Crippen molar-refractivity contribution < 1.29 is 14.7 Å². The van der Waals surface area contributed by atoms with Gasteiger partial charge in [0.1, 0.15) is 5.41 Å². The molecule has 0 spiro atoms. The van der Waals surface area contributed by atoms with Crippen molar-refractivity contribution in [1.29, 1.82) is 0 Å². The van der Waals surface area contributed by atoms with Crippen molar-refractivity contribution in [2.24, 2.45) is 11.3 Å². The number of amides is 1. The lowest BCUT2D eigenvalue weighted by Crippen LogP contribution is -2.42. The molecule has 0 aromatic carbocycles. The summed E-state index contributed by atoms with van der Waals surface area (Å²) in [5.74, 6) is -0.493. The van der Waals surface area contributed by atoms with E-state index in [2.05, 4.69) is 12.2 Å². The highest BCUT2D eigenvalue weighted by atomic mass is 16.4. The van der Waals surface area contributed by atoms with E-state index in [0.717, 1.165) is 31.6 Å². The second-order valence-electron chi connectivity index (χ2n) is 5.67. The molecule has 2 N–H and O–H groups in total. The average molecular weight is 239 g/mol. The number of carboxylic acids is 1. The molecule has 2 unspecified atom stereocenters. The molecule has 2 aliphatic rings. The molecule has 4 nitrogen and oxygen atoms in total. The summed E-state index contributed by atoms with van der Waals surface area (Å²) in [5.41, 5.74) is -1.09. The summed E-state index contributed by atoms with van der Waals surface area (Å²) in [6.07, 6.45) is 6.45. The first-order valence-corrected chi connectivity index (χ1v) is 6.59. The van der Waals surface area contributed by atoms with E-state index >= 15 is 0 Å². The summed E-state index contributed by atoms with van der Waals surface area (Å²) in [6.45, 7) is 2.24. The number of carbonyl (C=O) groups excluding carboxylic acids is 1. The van der Waals surface area contributed by atoms with Gasteiger partial charge in [0, 0.05) is 6.04 Å². The number of hydrogen-bond acceptors (Lipinski definition) is 2. The van der Waals surface area contributed by atoms with Gasteiger partial charge < -0.3 is 10.4 Å². The van der Waals surface area contributed by atoms with Crippen LogP contribution in [0.5, 0.6) is 0 Å². The van der Waals surface area contributed by atoms with Gasteiger partial charge in [-0.3, -0.25) is 9.59 Å². The predicted octanol–water partition coefficient (Wildman–Crippen LogP) is 1.94. The second kappa shape index (κ2) is 4.67. The van der Waals surface area contributed by atoms with Gasteiger partial charge in [-0.2, -0.15) is 0 Å². The van der Waals surface area contributed by atoms with Gasteiger partial charge in [0.15, 0.2) is 0 Å². The third kappa shape index (κ3) is 2.61. The molecule has 0 radical (unpaired) electrons. The fourth-order valence-electron chi connectivity index (χ4n) is 2.62. The molecule has 0 aromatic heterocycles. The topological polar surface area (TPSA) is 66.4 Å². The summed E-state index contributed by atoms with van der Waals surface area (Å²) >= 11 is 0. The first-order valence-electron chi connectivity index (χ1n) is 6.59. The fraction of sp³-hybridized carbons (Fsp3) is 0.846. The lowest BCUT2D eigenvalue weighted by atomic mass is 10.0. The molecule has 4 heteroatoms. The molecule has 2 rings (SSSR count). The smallest absolute Gasteiger partial charge is 0.319 e. The first kappa shape index (κ1) is 12.4. The van der Waals surface area contributed by atoms with Crippen LogP contribution in [-0.2, 0) is 9.59 Å². The van der Waals surface area contributed by atoms with E-state index in [4.69, 9.17) is 5.11 Å². The standard InChI is InChI=1S/C13H21NO3/c1-9-3-2-4-10(6-5-9)14-11(15)13(7-8-13)12(16)17/h9-10H,2-8H2,1H3,(H,14,15)(H,16,17). The van der Waals surface area contributed by atoms with Crippen molar-refractivity contribution >= 4 is 11.9 Å². The van der Waals surface area contributed by atoms with Crippen molar-refractivity contribution in [2.75, 3.05) is 0 Å². The lowest BCUT2D eigenvalue weighted by molar-refractivity contribution is -0.149. The number of nitrogens with one attached hydrogen (secondary N) is 1. The molecule has 17 heavy (non-hydrogen) atoms. The molecule has 1 amide bonds.